The predicted molar refractivity (Wildman–Crippen MR) is 57.5 cm³/mol. The van der Waals surface area contributed by atoms with Crippen molar-refractivity contribution in [2.45, 2.75) is 19.9 Å². The highest BCUT2D eigenvalue weighted by atomic mass is 16.5. The van der Waals surface area contributed by atoms with Gasteiger partial charge in [0, 0.05) is 11.8 Å². The molecule has 0 bridgehead atoms. The molecule has 92 valence electrons. The first-order valence-corrected chi connectivity index (χ1v) is 4.92. The zero-order chi connectivity index (χ0) is 12.8. The topological polar surface area (TPSA) is 101 Å². The summed E-state index contributed by atoms with van der Waals surface area (Å²) in [6, 6.07) is -0.947. The molecule has 1 rings (SSSR count). The maximum Gasteiger partial charge on any atom is 0.325 e. The SMILES string of the molecule is Cc1cncnc1OCC(=O)N[C@@H](C)C(=O)O. The monoisotopic (exact) mass is 239 g/mol. The van der Waals surface area contributed by atoms with Crippen molar-refractivity contribution in [1.82, 2.24) is 15.3 Å². The zero-order valence-corrected chi connectivity index (χ0v) is 9.51. The molecule has 17 heavy (non-hydrogen) atoms. The number of hydrogen-bond donors (Lipinski definition) is 2. The summed E-state index contributed by atoms with van der Waals surface area (Å²) in [5.41, 5.74) is 0.701. The molecule has 1 heterocycles. The van der Waals surface area contributed by atoms with E-state index in [4.69, 9.17) is 9.84 Å². The Bertz CT molecular complexity index is 422. The summed E-state index contributed by atoms with van der Waals surface area (Å²) >= 11 is 0. The lowest BCUT2D eigenvalue weighted by atomic mass is 10.3. The molecule has 0 aliphatic rings. The number of amides is 1. The van der Waals surface area contributed by atoms with E-state index in [1.54, 1.807) is 13.1 Å². The Labute approximate surface area is 97.8 Å². The molecule has 1 amide bonds. The van der Waals surface area contributed by atoms with Gasteiger partial charge in [-0.05, 0) is 13.8 Å². The van der Waals surface area contributed by atoms with Crippen LogP contribution >= 0.6 is 0 Å². The fourth-order valence-electron chi connectivity index (χ4n) is 1.02. The first-order chi connectivity index (χ1) is 8.00. The number of carboxylic acids is 1. The minimum atomic E-state index is -1.10. The number of ether oxygens (including phenoxy) is 1. The summed E-state index contributed by atoms with van der Waals surface area (Å²) in [5, 5.41) is 10.8. The van der Waals surface area contributed by atoms with E-state index in [1.165, 1.54) is 13.3 Å². The maximum absolute atomic E-state index is 11.3. The average molecular weight is 239 g/mol. The second kappa shape index (κ2) is 5.78. The molecule has 2 N–H and O–H groups in total. The highest BCUT2D eigenvalue weighted by Crippen LogP contribution is 2.09. The summed E-state index contributed by atoms with van der Waals surface area (Å²) < 4.78 is 5.12. The van der Waals surface area contributed by atoms with Gasteiger partial charge >= 0.3 is 5.97 Å². The third-order valence-electron chi connectivity index (χ3n) is 1.94. The van der Waals surface area contributed by atoms with E-state index >= 15 is 0 Å². The third-order valence-corrected chi connectivity index (χ3v) is 1.94. The number of carboxylic acid groups (broad SMARTS) is 1. The quantitative estimate of drug-likeness (QED) is 0.734. The van der Waals surface area contributed by atoms with E-state index in [9.17, 15) is 9.59 Å². The van der Waals surface area contributed by atoms with Crippen molar-refractivity contribution in [3.05, 3.63) is 18.1 Å². The van der Waals surface area contributed by atoms with E-state index in [1.807, 2.05) is 0 Å². The Morgan fingerprint density at radius 1 is 1.59 bits per heavy atom. The van der Waals surface area contributed by atoms with Gasteiger partial charge in [-0.25, -0.2) is 9.97 Å². The molecule has 0 spiro atoms. The Balaban J connectivity index is 2.44. The number of carbonyl (C=O) groups excluding carboxylic acids is 1. The van der Waals surface area contributed by atoms with E-state index in [-0.39, 0.29) is 6.61 Å². The maximum atomic E-state index is 11.3. The lowest BCUT2D eigenvalue weighted by Gasteiger charge is -2.10. The number of aliphatic carboxylic acids is 1. The molecule has 0 aromatic carbocycles. The van der Waals surface area contributed by atoms with Crippen LogP contribution in [-0.2, 0) is 9.59 Å². The number of nitrogens with zero attached hydrogens (tertiary/aromatic N) is 2. The molecule has 7 nitrogen and oxygen atoms in total. The second-order valence-electron chi connectivity index (χ2n) is 3.43. The molecule has 0 fully saturated rings. The van der Waals surface area contributed by atoms with Gasteiger partial charge in [-0.2, -0.15) is 0 Å². The van der Waals surface area contributed by atoms with Crippen molar-refractivity contribution >= 4 is 11.9 Å². The highest BCUT2D eigenvalue weighted by molar-refractivity contribution is 5.84. The van der Waals surface area contributed by atoms with Crippen LogP contribution in [0, 0.1) is 6.92 Å². The van der Waals surface area contributed by atoms with Crippen molar-refractivity contribution in [3.8, 4) is 5.88 Å². The van der Waals surface area contributed by atoms with Crippen molar-refractivity contribution < 1.29 is 19.4 Å². The predicted octanol–water partition coefficient (Wildman–Crippen LogP) is -0.247. The molecule has 0 saturated heterocycles. The molecule has 1 aromatic rings. The molecule has 0 saturated carbocycles. The molecular formula is C10H13N3O4. The van der Waals surface area contributed by atoms with Crippen LogP contribution in [-0.4, -0.2) is 39.6 Å². The first kappa shape index (κ1) is 12.9. The van der Waals surface area contributed by atoms with E-state index in [0.29, 0.717) is 11.4 Å². The standard InChI is InChI=1S/C10H13N3O4/c1-6-3-11-5-12-9(6)17-4-8(14)13-7(2)10(15)16/h3,5,7H,4H2,1-2H3,(H,13,14)(H,15,16)/t7-/m0/s1. The molecule has 0 aliphatic heterocycles. The smallest absolute Gasteiger partial charge is 0.325 e. The Kier molecular flexibility index (Phi) is 4.38. The van der Waals surface area contributed by atoms with Crippen LogP contribution in [0.1, 0.15) is 12.5 Å². The first-order valence-electron chi connectivity index (χ1n) is 4.92. The number of aromatic nitrogens is 2. The summed E-state index contributed by atoms with van der Waals surface area (Å²) in [5.74, 6) is -1.31. The summed E-state index contributed by atoms with van der Waals surface area (Å²) in [6.07, 6.45) is 2.86. The average Bonchev–Trinajstić information content (AvgIpc) is 2.27. The van der Waals surface area contributed by atoms with Gasteiger partial charge in [-0.15, -0.1) is 0 Å². The molecule has 0 radical (unpaired) electrons. The molecule has 7 heteroatoms. The van der Waals surface area contributed by atoms with Crippen LogP contribution in [0.4, 0.5) is 0 Å². The zero-order valence-electron chi connectivity index (χ0n) is 9.51. The van der Waals surface area contributed by atoms with Gasteiger partial charge in [0.1, 0.15) is 12.4 Å². The van der Waals surface area contributed by atoms with Crippen LogP contribution in [0.2, 0.25) is 0 Å². The Hall–Kier alpha value is -2.18. The van der Waals surface area contributed by atoms with Crippen molar-refractivity contribution in [2.24, 2.45) is 0 Å². The number of hydrogen-bond acceptors (Lipinski definition) is 5. The molecule has 1 aromatic heterocycles. The van der Waals surface area contributed by atoms with E-state index < -0.39 is 17.9 Å². The molecule has 1 atom stereocenters. The fourth-order valence-corrected chi connectivity index (χ4v) is 1.02. The highest BCUT2D eigenvalue weighted by Gasteiger charge is 2.14. The van der Waals surface area contributed by atoms with Crippen molar-refractivity contribution in [3.63, 3.8) is 0 Å². The van der Waals surface area contributed by atoms with Gasteiger partial charge in [0.25, 0.3) is 5.91 Å². The van der Waals surface area contributed by atoms with Gasteiger partial charge in [0.2, 0.25) is 5.88 Å². The minimum Gasteiger partial charge on any atom is -0.480 e. The van der Waals surface area contributed by atoms with E-state index in [0.717, 1.165) is 0 Å². The van der Waals surface area contributed by atoms with Gasteiger partial charge in [0.15, 0.2) is 6.61 Å². The number of nitrogens with one attached hydrogen (secondary N) is 1. The van der Waals surface area contributed by atoms with Crippen LogP contribution in [0.15, 0.2) is 12.5 Å². The minimum absolute atomic E-state index is 0.282. The number of aryl methyl sites for hydroxylation is 1. The lowest BCUT2D eigenvalue weighted by Crippen LogP contribution is -2.40. The summed E-state index contributed by atoms with van der Waals surface area (Å²) in [6.45, 7) is 2.83. The molecule has 0 aliphatic carbocycles. The largest absolute Gasteiger partial charge is 0.480 e. The van der Waals surface area contributed by atoms with E-state index in [2.05, 4.69) is 15.3 Å². The third kappa shape index (κ3) is 4.06. The number of rotatable bonds is 5. The molecule has 0 unspecified atom stereocenters. The van der Waals surface area contributed by atoms with Crippen molar-refractivity contribution in [1.29, 1.82) is 0 Å². The number of carbonyl (C=O) groups is 2. The fraction of sp³-hybridized carbons (Fsp3) is 0.400. The van der Waals surface area contributed by atoms with Crippen molar-refractivity contribution in [2.75, 3.05) is 6.61 Å². The van der Waals surface area contributed by atoms with Gasteiger partial charge < -0.3 is 15.2 Å². The van der Waals surface area contributed by atoms with Gasteiger partial charge in [-0.1, -0.05) is 0 Å². The van der Waals surface area contributed by atoms with Crippen LogP contribution in [0.25, 0.3) is 0 Å². The van der Waals surface area contributed by atoms with Gasteiger partial charge in [0.05, 0.1) is 0 Å². The summed E-state index contributed by atoms with van der Waals surface area (Å²) in [7, 11) is 0. The Morgan fingerprint density at radius 3 is 2.88 bits per heavy atom. The van der Waals surface area contributed by atoms with Crippen LogP contribution in [0.3, 0.4) is 0 Å². The lowest BCUT2D eigenvalue weighted by molar-refractivity contribution is -0.141. The Morgan fingerprint density at radius 2 is 2.29 bits per heavy atom. The van der Waals surface area contributed by atoms with Crippen LogP contribution in [0.5, 0.6) is 5.88 Å². The van der Waals surface area contributed by atoms with Crippen LogP contribution < -0.4 is 10.1 Å². The normalized spacial score (nSPS) is 11.6. The summed E-state index contributed by atoms with van der Waals surface area (Å²) in [4.78, 5) is 29.4. The second-order valence-corrected chi connectivity index (χ2v) is 3.43. The van der Waals surface area contributed by atoms with Gasteiger partial charge in [-0.3, -0.25) is 9.59 Å². The molecular weight excluding hydrogens is 226 g/mol.